The Kier molecular flexibility index (Phi) is 5.25. The molecule has 0 amide bonds. The van der Waals surface area contributed by atoms with Crippen molar-refractivity contribution in [2.75, 3.05) is 26.4 Å². The van der Waals surface area contributed by atoms with E-state index in [0.29, 0.717) is 16.5 Å². The van der Waals surface area contributed by atoms with Gasteiger partial charge in [0.05, 0.1) is 18.2 Å². The van der Waals surface area contributed by atoms with E-state index >= 15 is 0 Å². The molecule has 0 atom stereocenters. The lowest BCUT2D eigenvalue weighted by molar-refractivity contribution is 0.198. The van der Waals surface area contributed by atoms with E-state index in [1.807, 2.05) is 0 Å². The van der Waals surface area contributed by atoms with E-state index in [0.717, 1.165) is 0 Å². The highest BCUT2D eigenvalue weighted by atomic mass is 35.5. The maximum atomic E-state index is 8.57. The third kappa shape index (κ3) is 3.95. The molecular weight excluding hydrogens is 220 g/mol. The van der Waals surface area contributed by atoms with Crippen molar-refractivity contribution in [3.8, 4) is 11.5 Å². The third-order valence-electron chi connectivity index (χ3n) is 1.61. The molecule has 0 aromatic heterocycles. The molecule has 0 aliphatic carbocycles. The minimum absolute atomic E-state index is 0.0413. The molecule has 0 aliphatic rings. The van der Waals surface area contributed by atoms with Gasteiger partial charge >= 0.3 is 0 Å². The van der Waals surface area contributed by atoms with E-state index in [1.165, 1.54) is 0 Å². The number of benzene rings is 1. The fraction of sp³-hybridized carbons (Fsp3) is 0.400. The number of hydrogen-bond donors (Lipinski definition) is 2. The van der Waals surface area contributed by atoms with Crippen molar-refractivity contribution < 1.29 is 19.7 Å². The molecule has 1 aromatic carbocycles. The van der Waals surface area contributed by atoms with Crippen LogP contribution in [0.3, 0.4) is 0 Å². The Morgan fingerprint density at radius 1 is 1.07 bits per heavy atom. The van der Waals surface area contributed by atoms with Crippen molar-refractivity contribution in [3.63, 3.8) is 0 Å². The highest BCUT2D eigenvalue weighted by Gasteiger charge is 2.03. The van der Waals surface area contributed by atoms with Gasteiger partial charge in [0.25, 0.3) is 0 Å². The van der Waals surface area contributed by atoms with E-state index in [2.05, 4.69) is 0 Å². The number of halogens is 1. The first-order chi connectivity index (χ1) is 7.27. The zero-order valence-corrected chi connectivity index (χ0v) is 8.91. The highest BCUT2D eigenvalue weighted by Crippen LogP contribution is 2.28. The first-order valence-corrected chi connectivity index (χ1v) is 4.92. The zero-order valence-electron chi connectivity index (χ0n) is 8.15. The zero-order chi connectivity index (χ0) is 11.1. The molecule has 0 fully saturated rings. The number of aliphatic hydroxyl groups is 2. The van der Waals surface area contributed by atoms with Crippen LogP contribution in [0.4, 0.5) is 0 Å². The summed E-state index contributed by atoms with van der Waals surface area (Å²) in [4.78, 5) is 0. The molecule has 0 radical (unpaired) electrons. The van der Waals surface area contributed by atoms with E-state index in [4.69, 9.17) is 31.3 Å². The molecule has 0 unspecified atom stereocenters. The summed E-state index contributed by atoms with van der Waals surface area (Å²) in [5, 5.41) is 17.5. The van der Waals surface area contributed by atoms with Gasteiger partial charge in [-0.25, -0.2) is 0 Å². The molecule has 0 saturated heterocycles. The molecular formula is C10H13ClO4. The molecule has 4 nitrogen and oxygen atoms in total. The number of rotatable bonds is 6. The second-order valence-corrected chi connectivity index (χ2v) is 3.14. The first kappa shape index (κ1) is 12.1. The van der Waals surface area contributed by atoms with Gasteiger partial charge in [-0.3, -0.25) is 0 Å². The Morgan fingerprint density at radius 3 is 2.33 bits per heavy atom. The second kappa shape index (κ2) is 6.50. The minimum Gasteiger partial charge on any atom is -0.491 e. The molecule has 1 aromatic rings. The predicted molar refractivity (Wildman–Crippen MR) is 56.6 cm³/mol. The van der Waals surface area contributed by atoms with Crippen LogP contribution in [0.15, 0.2) is 18.2 Å². The highest BCUT2D eigenvalue weighted by molar-refractivity contribution is 6.32. The topological polar surface area (TPSA) is 58.9 Å². The van der Waals surface area contributed by atoms with Gasteiger partial charge in [-0.1, -0.05) is 11.6 Å². The molecule has 1 rings (SSSR count). The van der Waals surface area contributed by atoms with Crippen LogP contribution in [-0.2, 0) is 0 Å². The normalized spacial score (nSPS) is 10.1. The standard InChI is InChI=1S/C10H13ClO4/c11-9-7-8(14-5-3-12)1-2-10(9)15-6-4-13/h1-2,7,12-13H,3-6H2. The van der Waals surface area contributed by atoms with Gasteiger partial charge in [-0.2, -0.15) is 0 Å². The van der Waals surface area contributed by atoms with Crippen molar-refractivity contribution in [3.05, 3.63) is 23.2 Å². The molecule has 0 saturated carbocycles. The Labute approximate surface area is 93.0 Å². The molecule has 0 bridgehead atoms. The summed E-state index contributed by atoms with van der Waals surface area (Å²) in [6.07, 6.45) is 0. The van der Waals surface area contributed by atoms with Crippen molar-refractivity contribution in [1.29, 1.82) is 0 Å². The van der Waals surface area contributed by atoms with E-state index in [9.17, 15) is 0 Å². The van der Waals surface area contributed by atoms with E-state index in [-0.39, 0.29) is 26.4 Å². The summed E-state index contributed by atoms with van der Waals surface area (Å²) < 4.78 is 10.3. The van der Waals surface area contributed by atoms with Crippen molar-refractivity contribution >= 4 is 11.6 Å². The predicted octanol–water partition coefficient (Wildman–Crippen LogP) is 1.08. The van der Waals surface area contributed by atoms with Crippen molar-refractivity contribution in [2.45, 2.75) is 0 Å². The Bertz CT molecular complexity index is 303. The lowest BCUT2D eigenvalue weighted by Crippen LogP contribution is -2.03. The summed E-state index contributed by atoms with van der Waals surface area (Å²) in [5.74, 6) is 1.08. The maximum absolute atomic E-state index is 8.57. The second-order valence-electron chi connectivity index (χ2n) is 2.74. The van der Waals surface area contributed by atoms with Gasteiger partial charge in [-0.15, -0.1) is 0 Å². The summed E-state index contributed by atoms with van der Waals surface area (Å²) in [6, 6.07) is 4.95. The molecule has 0 spiro atoms. The van der Waals surface area contributed by atoms with Crippen molar-refractivity contribution in [1.82, 2.24) is 0 Å². The quantitative estimate of drug-likeness (QED) is 0.771. The van der Waals surface area contributed by atoms with Gasteiger partial charge in [-0.05, 0) is 12.1 Å². The van der Waals surface area contributed by atoms with Gasteiger partial charge in [0.1, 0.15) is 24.7 Å². The van der Waals surface area contributed by atoms with Crippen LogP contribution < -0.4 is 9.47 Å². The lowest BCUT2D eigenvalue weighted by atomic mass is 10.3. The molecule has 84 valence electrons. The van der Waals surface area contributed by atoms with Crippen LogP contribution >= 0.6 is 11.6 Å². The van der Waals surface area contributed by atoms with Gasteiger partial charge in [0, 0.05) is 6.07 Å². The summed E-state index contributed by atoms with van der Waals surface area (Å²) in [7, 11) is 0. The Morgan fingerprint density at radius 2 is 1.73 bits per heavy atom. The number of ether oxygens (including phenoxy) is 2. The van der Waals surface area contributed by atoms with Crippen LogP contribution in [0.5, 0.6) is 11.5 Å². The van der Waals surface area contributed by atoms with E-state index < -0.39 is 0 Å². The smallest absolute Gasteiger partial charge is 0.138 e. The van der Waals surface area contributed by atoms with E-state index in [1.54, 1.807) is 18.2 Å². The average Bonchev–Trinajstić information content (AvgIpc) is 2.25. The van der Waals surface area contributed by atoms with Crippen LogP contribution in [0, 0.1) is 0 Å². The first-order valence-electron chi connectivity index (χ1n) is 4.55. The van der Waals surface area contributed by atoms with Gasteiger partial charge in [0.2, 0.25) is 0 Å². The SMILES string of the molecule is OCCOc1ccc(OCCO)c(Cl)c1. The van der Waals surface area contributed by atoms with Gasteiger partial charge in [0.15, 0.2) is 0 Å². The monoisotopic (exact) mass is 232 g/mol. The molecule has 2 N–H and O–H groups in total. The fourth-order valence-electron chi connectivity index (χ4n) is 1.01. The van der Waals surface area contributed by atoms with Crippen LogP contribution in [0.2, 0.25) is 5.02 Å². The molecule has 15 heavy (non-hydrogen) atoms. The summed E-state index contributed by atoms with van der Waals surface area (Å²) in [5.41, 5.74) is 0. The number of hydrogen-bond acceptors (Lipinski definition) is 4. The van der Waals surface area contributed by atoms with Crippen molar-refractivity contribution in [2.24, 2.45) is 0 Å². The summed E-state index contributed by atoms with van der Waals surface area (Å²) >= 11 is 5.89. The molecule has 0 aliphatic heterocycles. The fourth-order valence-corrected chi connectivity index (χ4v) is 1.23. The summed E-state index contributed by atoms with van der Waals surface area (Å²) in [6.45, 7) is 0.337. The minimum atomic E-state index is -0.0565. The third-order valence-corrected chi connectivity index (χ3v) is 1.91. The largest absolute Gasteiger partial charge is 0.491 e. The average molecular weight is 233 g/mol. The Balaban J connectivity index is 2.61. The maximum Gasteiger partial charge on any atom is 0.138 e. The van der Waals surface area contributed by atoms with Crippen LogP contribution in [-0.4, -0.2) is 36.6 Å². The Hall–Kier alpha value is -0.970. The molecule has 5 heteroatoms. The lowest BCUT2D eigenvalue weighted by Gasteiger charge is -2.09. The van der Waals surface area contributed by atoms with Gasteiger partial charge < -0.3 is 19.7 Å². The number of aliphatic hydroxyl groups excluding tert-OH is 2. The molecule has 0 heterocycles. The van der Waals surface area contributed by atoms with Crippen LogP contribution in [0.1, 0.15) is 0 Å². The van der Waals surface area contributed by atoms with Crippen LogP contribution in [0.25, 0.3) is 0 Å².